The third-order valence-corrected chi connectivity index (χ3v) is 10.0. The molecule has 1 rings (SSSR count). The largest absolute Gasteiger partial charge is 0.408 e. The Morgan fingerprint density at radius 2 is 1.42 bits per heavy atom. The van der Waals surface area contributed by atoms with E-state index in [4.69, 9.17) is 11.6 Å². The summed E-state index contributed by atoms with van der Waals surface area (Å²) >= 11 is 0. The summed E-state index contributed by atoms with van der Waals surface area (Å²) in [6.07, 6.45) is 2.69. The van der Waals surface area contributed by atoms with E-state index in [0.29, 0.717) is 16.6 Å². The topological polar surface area (TPSA) is 9.23 Å². The van der Waals surface area contributed by atoms with Crippen LogP contribution in [0.3, 0.4) is 0 Å². The molecule has 0 atom stereocenters. The molecule has 0 aliphatic carbocycles. The van der Waals surface area contributed by atoms with E-state index in [-0.39, 0.29) is 17.8 Å². The van der Waals surface area contributed by atoms with Crippen LogP contribution in [-0.4, -0.2) is 8.07 Å². The molecule has 0 amide bonds. The number of ether oxygens (including phenoxy) is 1. The maximum Gasteiger partial charge on any atom is 0.150 e. The van der Waals surface area contributed by atoms with E-state index in [0.717, 1.165) is 0 Å². The van der Waals surface area contributed by atoms with Crippen LogP contribution in [0.25, 0.3) is 0 Å². The van der Waals surface area contributed by atoms with Crippen LogP contribution in [0.1, 0.15) is 48.4 Å². The van der Waals surface area contributed by atoms with Gasteiger partial charge < -0.3 is 4.74 Å². The summed E-state index contributed by atoms with van der Waals surface area (Å²) in [6, 6.07) is -1.97. The Kier molecular flexibility index (Phi) is 3.47. The van der Waals surface area contributed by atoms with Gasteiger partial charge in [-0.3, -0.25) is 0 Å². The highest BCUT2D eigenvalue weighted by Gasteiger charge is 2.42. The summed E-state index contributed by atoms with van der Waals surface area (Å²) in [7, 11) is -1.99. The standard InChI is InChI=1S/C17H26OSi/c1-14(2)19(15(3)4,16(5)6)13-12-18-17-10-8-7-9-11-17/h7-11,14-16H,1-6H3/i7D,8D,9D,10D,11D. The molecule has 0 unspecified atom stereocenters. The molecule has 1 aromatic rings. The van der Waals surface area contributed by atoms with Crippen molar-refractivity contribution in [1.82, 2.24) is 0 Å². The summed E-state index contributed by atoms with van der Waals surface area (Å²) in [4.78, 5) is 0. The first-order chi connectivity index (χ1) is 11.0. The number of hydrogen-bond acceptors (Lipinski definition) is 1. The fourth-order valence-electron chi connectivity index (χ4n) is 2.89. The van der Waals surface area contributed by atoms with Crippen LogP contribution in [-0.2, 0) is 0 Å². The molecule has 1 aromatic carbocycles. The summed E-state index contributed by atoms with van der Waals surface area (Å²) < 4.78 is 44.0. The fourth-order valence-corrected chi connectivity index (χ4v) is 7.98. The summed E-state index contributed by atoms with van der Waals surface area (Å²) in [5, 5.41) is 0. The highest BCUT2D eigenvalue weighted by atomic mass is 28.3. The molecule has 1 nitrogen and oxygen atoms in total. The molecule has 0 heterocycles. The molecule has 0 spiro atoms. The van der Waals surface area contributed by atoms with Gasteiger partial charge in [-0.05, 0) is 28.7 Å². The van der Waals surface area contributed by atoms with E-state index in [1.807, 2.05) is 0 Å². The monoisotopic (exact) mass is 279 g/mol. The third kappa shape index (κ3) is 3.64. The van der Waals surface area contributed by atoms with Gasteiger partial charge in [-0.1, -0.05) is 65.2 Å². The van der Waals surface area contributed by atoms with Gasteiger partial charge in [-0.25, -0.2) is 0 Å². The lowest BCUT2D eigenvalue weighted by molar-refractivity contribution is 0.520. The first kappa shape index (κ1) is 9.66. The molecule has 0 N–H and O–H groups in total. The predicted octanol–water partition coefficient (Wildman–Crippen LogP) is 5.24. The van der Waals surface area contributed by atoms with Crippen molar-refractivity contribution in [3.8, 4) is 17.4 Å². The quantitative estimate of drug-likeness (QED) is 0.540. The van der Waals surface area contributed by atoms with Gasteiger partial charge in [0.1, 0.15) is 11.9 Å². The van der Waals surface area contributed by atoms with Crippen molar-refractivity contribution in [2.45, 2.75) is 58.2 Å². The minimum Gasteiger partial charge on any atom is -0.408 e. The number of benzene rings is 1. The summed E-state index contributed by atoms with van der Waals surface area (Å²) in [5.41, 5.74) is 4.59. The predicted molar refractivity (Wildman–Crippen MR) is 85.9 cm³/mol. The van der Waals surface area contributed by atoms with Crippen LogP contribution in [0.4, 0.5) is 0 Å². The normalized spacial score (nSPS) is 15.3. The molecule has 0 aromatic heterocycles. The second kappa shape index (κ2) is 6.82. The molecular formula is C17H26OSi. The maximum atomic E-state index is 7.87. The molecule has 0 aliphatic rings. The zero-order valence-corrected chi connectivity index (χ0v) is 13.6. The van der Waals surface area contributed by atoms with Gasteiger partial charge in [0.25, 0.3) is 0 Å². The zero-order chi connectivity index (χ0) is 18.8. The van der Waals surface area contributed by atoms with Crippen molar-refractivity contribution in [1.29, 1.82) is 0 Å². The van der Waals surface area contributed by atoms with Gasteiger partial charge in [0.15, 0.2) is 8.07 Å². The van der Waals surface area contributed by atoms with Gasteiger partial charge in [-0.2, -0.15) is 0 Å². The smallest absolute Gasteiger partial charge is 0.150 e. The number of rotatable bonds is 4. The van der Waals surface area contributed by atoms with Gasteiger partial charge in [-0.15, -0.1) is 0 Å². The van der Waals surface area contributed by atoms with E-state index < -0.39 is 26.2 Å². The van der Waals surface area contributed by atoms with Crippen molar-refractivity contribution in [3.63, 3.8) is 0 Å². The average molecular weight is 280 g/mol. The van der Waals surface area contributed by atoms with Crippen LogP contribution in [0.15, 0.2) is 30.2 Å². The third-order valence-electron chi connectivity index (χ3n) is 3.76. The van der Waals surface area contributed by atoms with Crippen LogP contribution in [0.5, 0.6) is 5.75 Å². The summed E-state index contributed by atoms with van der Waals surface area (Å²) in [5.74, 6) is -0.201. The Bertz CT molecular complexity index is 623. The molecule has 0 bridgehead atoms. The highest BCUT2D eigenvalue weighted by Crippen LogP contribution is 2.40. The van der Waals surface area contributed by atoms with E-state index >= 15 is 0 Å². The number of hydrogen-bond donors (Lipinski definition) is 0. The van der Waals surface area contributed by atoms with Gasteiger partial charge >= 0.3 is 0 Å². The Balaban J connectivity index is 3.35. The molecule has 0 saturated heterocycles. The second-order valence-corrected chi connectivity index (χ2v) is 11.3. The molecular weight excluding hydrogens is 248 g/mol. The van der Waals surface area contributed by atoms with Crippen LogP contribution < -0.4 is 4.74 Å². The van der Waals surface area contributed by atoms with E-state index in [1.54, 1.807) is 0 Å². The van der Waals surface area contributed by atoms with E-state index in [2.05, 4.69) is 53.2 Å². The first-order valence-corrected chi connectivity index (χ1v) is 8.97. The molecule has 0 aliphatic heterocycles. The summed E-state index contributed by atoms with van der Waals surface area (Å²) in [6.45, 7) is 13.0. The Morgan fingerprint density at radius 3 is 1.84 bits per heavy atom. The SMILES string of the molecule is [2H]c1c([2H])c([2H])c(OC#C[Si](C(C)C)(C(C)C)C(C)C)c([2H])c1[2H]. The maximum absolute atomic E-state index is 7.87. The van der Waals surface area contributed by atoms with Crippen molar-refractivity contribution >= 4 is 8.07 Å². The van der Waals surface area contributed by atoms with Crippen LogP contribution in [0, 0.1) is 11.7 Å². The van der Waals surface area contributed by atoms with Crippen molar-refractivity contribution < 1.29 is 11.6 Å². The molecule has 2 heteroatoms. The van der Waals surface area contributed by atoms with Gasteiger partial charge in [0, 0.05) is 0 Å². The molecule has 0 radical (unpaired) electrons. The van der Waals surface area contributed by atoms with Gasteiger partial charge in [0.05, 0.1) is 6.85 Å². The minimum absolute atomic E-state index is 0.201. The lowest BCUT2D eigenvalue weighted by Crippen LogP contribution is -2.43. The Hall–Kier alpha value is -1.20. The van der Waals surface area contributed by atoms with Crippen LogP contribution >= 0.6 is 0 Å². The first-order valence-electron chi connectivity index (χ1n) is 9.24. The van der Waals surface area contributed by atoms with E-state index in [9.17, 15) is 0 Å². The molecule has 19 heavy (non-hydrogen) atoms. The second-order valence-electron chi connectivity index (χ2n) is 5.68. The lowest BCUT2D eigenvalue weighted by Gasteiger charge is -2.37. The Labute approximate surface area is 126 Å². The zero-order valence-electron chi connectivity index (χ0n) is 17.6. The molecule has 0 fully saturated rings. The average Bonchev–Trinajstić information content (AvgIpc) is 2.49. The highest BCUT2D eigenvalue weighted by molar-refractivity contribution is 6.90. The van der Waals surface area contributed by atoms with Crippen molar-refractivity contribution in [2.24, 2.45) is 0 Å². The fraction of sp³-hybridized carbons (Fsp3) is 0.529. The number of para-hydroxylation sites is 1. The minimum atomic E-state index is -1.99. The van der Waals surface area contributed by atoms with Crippen molar-refractivity contribution in [3.05, 3.63) is 30.2 Å². The Morgan fingerprint density at radius 1 is 0.947 bits per heavy atom. The molecule has 104 valence electrons. The lowest BCUT2D eigenvalue weighted by atomic mass is 10.3. The van der Waals surface area contributed by atoms with Crippen LogP contribution in [0.2, 0.25) is 16.6 Å². The van der Waals surface area contributed by atoms with Gasteiger partial charge in [0.2, 0.25) is 0 Å². The molecule has 0 saturated carbocycles. The van der Waals surface area contributed by atoms with E-state index in [1.165, 1.54) is 0 Å². The van der Waals surface area contributed by atoms with Crippen molar-refractivity contribution in [2.75, 3.05) is 0 Å².